The van der Waals surface area contributed by atoms with E-state index in [1.165, 1.54) is 9.13 Å². The molecule has 0 saturated heterocycles. The Balaban J connectivity index is 0.893. The molecule has 0 N–H and O–H groups in total. The van der Waals surface area contributed by atoms with Crippen LogP contribution in [0.15, 0.2) is 293 Å². The molecule has 104 heavy (non-hydrogen) atoms. The van der Waals surface area contributed by atoms with E-state index < -0.39 is 139 Å². The Morgan fingerprint density at radius 1 is 0.279 bits per heavy atom. The lowest BCUT2D eigenvalue weighted by Crippen LogP contribution is -2.61. The molecule has 0 unspecified atom stereocenters. The minimum Gasteiger partial charge on any atom is -0.452 e. The first-order valence-corrected chi connectivity index (χ1v) is 34.9. The van der Waals surface area contributed by atoms with Crippen molar-refractivity contribution in [3.63, 3.8) is 0 Å². The molecule has 0 spiro atoms. The minimum atomic E-state index is -0.705. The van der Waals surface area contributed by atoms with Crippen LogP contribution in [-0.4, -0.2) is 20.4 Å². The molecule has 0 atom stereocenters. The van der Waals surface area contributed by atoms with Gasteiger partial charge in [-0.25, -0.2) is 0 Å². The average Bonchev–Trinajstić information content (AvgIpc) is 1.18. The maximum Gasteiger partial charge on any atom is 0.252 e. The van der Waals surface area contributed by atoms with Crippen LogP contribution in [0.1, 0.15) is 108 Å². The van der Waals surface area contributed by atoms with E-state index >= 15 is 0 Å². The van der Waals surface area contributed by atoms with Gasteiger partial charge in [-0.2, -0.15) is 0 Å². The van der Waals surface area contributed by atoms with Gasteiger partial charge in [0.25, 0.3) is 6.71 Å². The van der Waals surface area contributed by atoms with Crippen molar-refractivity contribution in [1.29, 1.82) is 0 Å². The Hall–Kier alpha value is -12.3. The summed E-state index contributed by atoms with van der Waals surface area (Å²) in [5.74, 6) is 0. The van der Waals surface area contributed by atoms with Gasteiger partial charge < -0.3 is 32.3 Å². The lowest BCUT2D eigenvalue weighted by atomic mass is 9.33. The van der Waals surface area contributed by atoms with Crippen LogP contribution >= 0.6 is 0 Å². The van der Waals surface area contributed by atoms with Crippen LogP contribution < -0.4 is 26.2 Å². The van der Waals surface area contributed by atoms with Crippen LogP contribution in [0.3, 0.4) is 0 Å². The fraction of sp³-hybridized carbons (Fsp3) is 0.125. The highest BCUT2D eigenvalue weighted by Gasteiger charge is 2.46. The molecule has 0 amide bonds. The van der Waals surface area contributed by atoms with Crippen LogP contribution in [0.2, 0.25) is 0 Å². The monoisotopic (exact) mass is 1360 g/mol. The third kappa shape index (κ3) is 8.66. The molecule has 498 valence electrons. The first kappa shape index (κ1) is 42.9. The zero-order valence-electron chi connectivity index (χ0n) is 79.1. The van der Waals surface area contributed by atoms with Gasteiger partial charge in [0.15, 0.2) is 22.3 Å². The molecule has 8 heteroatoms. The van der Waals surface area contributed by atoms with E-state index in [-0.39, 0.29) is 88.1 Å². The number of benzene rings is 14. The van der Waals surface area contributed by atoms with Crippen LogP contribution in [0.5, 0.6) is 0 Å². The largest absolute Gasteiger partial charge is 0.452 e. The SMILES string of the molecule is [2H]c1c([2H])c([2H])c(-c2ccc3c(c2)N(c2cccc4c2oc2c(-n5c6c([2H])c([2H])c([2H])c([2H])c6c6c([2H])c([2H])c([2H])c([2H])c65)cccc24)c2cc(C(C)(C)C)cc4c2B3c2ccc(-n3c5ccc(C(C)(C)C)cc5c5cc(C(C)(C)C)ccc53)cc2N4c2cccc3c2oc2c(-n4c5c([2H])c([2H])c([2H])c([2H])c5c5c([2H])c([2H])c([2H])c([2H])c54)cccc23)c([2H])c1[2H]. The van der Waals surface area contributed by atoms with Crippen molar-refractivity contribution in [2.24, 2.45) is 0 Å². The van der Waals surface area contributed by atoms with Crippen LogP contribution in [0.4, 0.5) is 34.1 Å². The van der Waals surface area contributed by atoms with E-state index in [9.17, 15) is 13.7 Å². The van der Waals surface area contributed by atoms with E-state index in [2.05, 4.69) is 143 Å². The second kappa shape index (κ2) is 21.6. The predicted molar refractivity (Wildman–Crippen MR) is 440 cm³/mol. The van der Waals surface area contributed by atoms with E-state index in [0.29, 0.717) is 72.3 Å². The van der Waals surface area contributed by atoms with Crippen LogP contribution in [0.25, 0.3) is 137 Å². The van der Waals surface area contributed by atoms with Gasteiger partial charge in [-0.15, -0.1) is 0 Å². The number of fused-ring (bicyclic) bond motifs is 19. The molecule has 7 nitrogen and oxygen atoms in total. The molecule has 0 bridgehead atoms. The summed E-state index contributed by atoms with van der Waals surface area (Å²) < 4.78 is 214. The molecule has 0 saturated carbocycles. The number of para-hydroxylation sites is 8. The average molecular weight is 1360 g/mol. The quantitative estimate of drug-likeness (QED) is 0.156. The maximum atomic E-state index is 9.61. The molecular formula is C96H74BN5O2. The molecule has 14 aromatic carbocycles. The van der Waals surface area contributed by atoms with Gasteiger partial charge in [-0.3, -0.25) is 0 Å². The van der Waals surface area contributed by atoms with E-state index in [1.807, 2.05) is 60.7 Å². The van der Waals surface area contributed by atoms with Gasteiger partial charge in [-0.1, -0.05) is 244 Å². The van der Waals surface area contributed by atoms with Gasteiger partial charge in [0.2, 0.25) is 0 Å². The molecule has 0 aliphatic carbocycles. The third-order valence-corrected chi connectivity index (χ3v) is 21.5. The van der Waals surface area contributed by atoms with E-state index in [1.54, 1.807) is 30.3 Å². The number of nitrogens with zero attached hydrogens (tertiary/aromatic N) is 5. The highest BCUT2D eigenvalue weighted by molar-refractivity contribution is 7.00. The van der Waals surface area contributed by atoms with E-state index in [0.717, 1.165) is 55.1 Å². The second-order valence-electron chi connectivity index (χ2n) is 30.5. The van der Waals surface area contributed by atoms with Crippen LogP contribution in [-0.2, 0) is 16.2 Å². The summed E-state index contributed by atoms with van der Waals surface area (Å²) >= 11 is 0. The second-order valence-corrected chi connectivity index (χ2v) is 30.5. The first-order chi connectivity index (χ1) is 59.2. The summed E-state index contributed by atoms with van der Waals surface area (Å²) in [6.07, 6.45) is 0. The number of hydrogen-bond donors (Lipinski definition) is 0. The molecule has 2 aliphatic rings. The van der Waals surface area contributed by atoms with Crippen molar-refractivity contribution in [2.45, 2.75) is 78.6 Å². The summed E-state index contributed by atoms with van der Waals surface area (Å²) in [5, 5.41) is 3.93. The van der Waals surface area contributed by atoms with Crippen molar-refractivity contribution in [3.05, 3.63) is 301 Å². The predicted octanol–water partition coefficient (Wildman–Crippen LogP) is 24.4. The van der Waals surface area contributed by atoms with E-state index in [4.69, 9.17) is 23.9 Å². The fourth-order valence-corrected chi connectivity index (χ4v) is 16.5. The summed E-state index contributed by atoms with van der Waals surface area (Å²) in [7, 11) is 0. The van der Waals surface area contributed by atoms with Crippen molar-refractivity contribution < 1.29 is 37.6 Å². The molecule has 0 radical (unpaired) electrons. The number of hydrogen-bond acceptors (Lipinski definition) is 4. The number of rotatable bonds is 6. The Morgan fingerprint density at radius 3 is 1.10 bits per heavy atom. The maximum absolute atomic E-state index is 9.61. The smallest absolute Gasteiger partial charge is 0.252 e. The summed E-state index contributed by atoms with van der Waals surface area (Å²) in [6, 6.07) is 40.9. The lowest BCUT2D eigenvalue weighted by Gasteiger charge is -2.45. The molecule has 2 aliphatic heterocycles. The van der Waals surface area contributed by atoms with Crippen molar-refractivity contribution >= 4 is 167 Å². The summed E-state index contributed by atoms with van der Waals surface area (Å²) in [4.78, 5) is 4.30. The minimum absolute atomic E-state index is 0.0493. The molecule has 19 aromatic rings. The number of furan rings is 2. The number of anilines is 6. The molecule has 5 aromatic heterocycles. The number of aromatic nitrogens is 3. The molecule has 7 heterocycles. The third-order valence-electron chi connectivity index (χ3n) is 21.5. The van der Waals surface area contributed by atoms with Gasteiger partial charge in [0.05, 0.1) is 84.6 Å². The lowest BCUT2D eigenvalue weighted by molar-refractivity contribution is 0.590. The fourth-order valence-electron chi connectivity index (χ4n) is 16.5. The Bertz CT molecular complexity index is 7990. The Labute approximate surface area is 633 Å². The standard InChI is InChI=1S/C96H74BN5O2/c1-94(2,3)59-44-49-79-71(52-59)72-53-60(95(4,5)6)45-50-80(72)98(79)62-46-48-74-86(56-62)102(84-42-24-34-70-68-32-22-40-82(91(68)104-93(70)84)100-77-37-19-15-29-65(77)66-30-16-20-38-78(66)100)88-55-61(96(7,8)9)54-87-89(88)97(74)73-47-43-58(57-25-11-10-12-26-57)51-85(73)101(87)83-41-23-33-69-67-31-21-39-81(90(67)103-92(69)83)99-75-35-17-13-27-63(75)64-28-14-18-36-76(64)99/h10-56H,1-9H3/i10D,11D,12D,13D,14D,15D,16D,17D,18D,19D,20D,25D,26D,27D,28D,29D,30D,35D,36D,37D,38D. The topological polar surface area (TPSA) is 47.6 Å². The summed E-state index contributed by atoms with van der Waals surface area (Å²) in [5.41, 5.74) is 11.8. The van der Waals surface area contributed by atoms with Gasteiger partial charge in [-0.05, 0) is 163 Å². The molecular weight excluding hydrogens is 1270 g/mol. The zero-order valence-corrected chi connectivity index (χ0v) is 58.1. The Kier molecular flexibility index (Phi) is 8.92. The van der Waals surface area contributed by atoms with Crippen molar-refractivity contribution in [3.8, 4) is 28.2 Å². The normalized spacial score (nSPS) is 16.2. The molecule has 0 fully saturated rings. The van der Waals surface area contributed by atoms with Gasteiger partial charge >= 0.3 is 0 Å². The highest BCUT2D eigenvalue weighted by Crippen LogP contribution is 2.53. The van der Waals surface area contributed by atoms with Crippen molar-refractivity contribution in [2.75, 3.05) is 9.80 Å². The van der Waals surface area contributed by atoms with Gasteiger partial charge in [0.1, 0.15) is 0 Å². The van der Waals surface area contributed by atoms with Crippen LogP contribution in [0, 0.1) is 0 Å². The zero-order chi connectivity index (χ0) is 88.2. The van der Waals surface area contributed by atoms with Gasteiger partial charge in [0, 0.05) is 82.3 Å². The molecule has 21 rings (SSSR count). The summed E-state index contributed by atoms with van der Waals surface area (Å²) in [6.45, 7) is 18.9. The highest BCUT2D eigenvalue weighted by atomic mass is 16.3. The first-order valence-electron chi connectivity index (χ1n) is 45.4. The Morgan fingerprint density at radius 2 is 0.663 bits per heavy atom. The van der Waals surface area contributed by atoms with Crippen molar-refractivity contribution in [1.82, 2.24) is 13.7 Å².